The minimum atomic E-state index is -0.342. The quantitative estimate of drug-likeness (QED) is 0.275. The average Bonchev–Trinajstić information content (AvgIpc) is 3.21. The van der Waals surface area contributed by atoms with Gasteiger partial charge in [-0.3, -0.25) is 0 Å². The third-order valence-corrected chi connectivity index (χ3v) is 5.68. The van der Waals surface area contributed by atoms with Gasteiger partial charge in [-0.2, -0.15) is 0 Å². The van der Waals surface area contributed by atoms with Crippen LogP contribution in [-0.4, -0.2) is 24.3 Å². The van der Waals surface area contributed by atoms with Crippen LogP contribution in [0.5, 0.6) is 0 Å². The van der Waals surface area contributed by atoms with Gasteiger partial charge in [0.15, 0.2) is 0 Å². The largest absolute Gasteiger partial charge is 0.465 e. The topological polar surface area (TPSA) is 59.2 Å². The van der Waals surface area contributed by atoms with Crippen molar-refractivity contribution in [1.82, 2.24) is 4.98 Å². The second-order valence-electron chi connectivity index (χ2n) is 7.60. The highest BCUT2D eigenvalue weighted by atomic mass is 16.5. The minimum absolute atomic E-state index is 0.126. The first-order valence-electron chi connectivity index (χ1n) is 10.4. The van der Waals surface area contributed by atoms with Crippen molar-refractivity contribution >= 4 is 23.2 Å². The second-order valence-corrected chi connectivity index (χ2v) is 7.60. The van der Waals surface area contributed by atoms with Crippen molar-refractivity contribution in [3.8, 4) is 0 Å². The third kappa shape index (κ3) is 4.94. The first kappa shape index (κ1) is 20.8. The summed E-state index contributed by atoms with van der Waals surface area (Å²) < 4.78 is 5.03. The number of methoxy groups -OCH3 is 1. The maximum Gasteiger partial charge on any atom is 0.338 e. The molecule has 2 aromatic carbocycles. The van der Waals surface area contributed by atoms with Gasteiger partial charge >= 0.3 is 5.97 Å². The number of aromatic nitrogens is 1. The summed E-state index contributed by atoms with van der Waals surface area (Å²) >= 11 is 0. The molecule has 1 aromatic heterocycles. The van der Waals surface area contributed by atoms with Crippen LogP contribution in [0.1, 0.15) is 60.0 Å². The van der Waals surface area contributed by atoms with E-state index in [0.29, 0.717) is 12.0 Å². The molecule has 0 saturated carbocycles. The Morgan fingerprint density at radius 1 is 1.14 bits per heavy atom. The fourth-order valence-corrected chi connectivity index (χ4v) is 4.10. The SMILES string of the molecule is CCCCCC(Cc1cc2cc[nH]c2cc1C(=O)OC)C(C=O)c1ccccc1. The van der Waals surface area contributed by atoms with E-state index in [1.807, 2.05) is 48.7 Å². The van der Waals surface area contributed by atoms with Gasteiger partial charge in [0.2, 0.25) is 0 Å². The summed E-state index contributed by atoms with van der Waals surface area (Å²) in [7, 11) is 1.40. The highest BCUT2D eigenvalue weighted by molar-refractivity contribution is 5.96. The Kier molecular flexibility index (Phi) is 7.23. The van der Waals surface area contributed by atoms with Crippen molar-refractivity contribution in [3.05, 3.63) is 71.4 Å². The minimum Gasteiger partial charge on any atom is -0.465 e. The van der Waals surface area contributed by atoms with Gasteiger partial charge in [-0.15, -0.1) is 0 Å². The van der Waals surface area contributed by atoms with Crippen LogP contribution < -0.4 is 0 Å². The van der Waals surface area contributed by atoms with Crippen molar-refractivity contribution in [2.75, 3.05) is 7.11 Å². The molecule has 0 aliphatic rings. The molecule has 0 saturated heterocycles. The molecule has 1 heterocycles. The molecule has 0 aliphatic heterocycles. The van der Waals surface area contributed by atoms with Crippen LogP contribution in [0.15, 0.2) is 54.7 Å². The molecule has 152 valence electrons. The van der Waals surface area contributed by atoms with Crippen LogP contribution in [0.4, 0.5) is 0 Å². The number of fused-ring (bicyclic) bond motifs is 1. The first-order valence-corrected chi connectivity index (χ1v) is 10.4. The molecule has 0 aliphatic carbocycles. The van der Waals surface area contributed by atoms with E-state index in [1.165, 1.54) is 7.11 Å². The van der Waals surface area contributed by atoms with Crippen molar-refractivity contribution in [2.24, 2.45) is 5.92 Å². The summed E-state index contributed by atoms with van der Waals surface area (Å²) in [5, 5.41) is 1.06. The van der Waals surface area contributed by atoms with Gasteiger partial charge in [0, 0.05) is 17.6 Å². The Morgan fingerprint density at radius 3 is 2.62 bits per heavy atom. The maximum absolute atomic E-state index is 12.4. The molecular formula is C25H29NO3. The number of hydrogen-bond acceptors (Lipinski definition) is 3. The molecule has 0 fully saturated rings. The van der Waals surface area contributed by atoms with Crippen LogP contribution in [0.25, 0.3) is 10.9 Å². The number of H-pyrrole nitrogens is 1. The summed E-state index contributed by atoms with van der Waals surface area (Å²) in [6.45, 7) is 2.18. The Balaban J connectivity index is 1.98. The molecule has 0 bridgehead atoms. The first-order chi connectivity index (χ1) is 14.2. The number of ether oxygens (including phenoxy) is 1. The van der Waals surface area contributed by atoms with Crippen molar-refractivity contribution < 1.29 is 14.3 Å². The Morgan fingerprint density at radius 2 is 1.93 bits per heavy atom. The summed E-state index contributed by atoms with van der Waals surface area (Å²) in [5.41, 5.74) is 3.45. The maximum atomic E-state index is 12.4. The van der Waals surface area contributed by atoms with Gasteiger partial charge in [0.25, 0.3) is 0 Å². The Labute approximate surface area is 172 Å². The van der Waals surface area contributed by atoms with E-state index in [0.717, 1.165) is 54.0 Å². The molecule has 3 rings (SSSR count). The summed E-state index contributed by atoms with van der Waals surface area (Å²) in [6.07, 6.45) is 7.87. The lowest BCUT2D eigenvalue weighted by atomic mass is 9.79. The smallest absolute Gasteiger partial charge is 0.338 e. The van der Waals surface area contributed by atoms with Crippen molar-refractivity contribution in [3.63, 3.8) is 0 Å². The lowest BCUT2D eigenvalue weighted by Crippen LogP contribution is -2.19. The zero-order chi connectivity index (χ0) is 20.6. The van der Waals surface area contributed by atoms with E-state index in [4.69, 9.17) is 4.74 Å². The Bertz CT molecular complexity index is 945. The summed E-state index contributed by atoms with van der Waals surface area (Å²) in [6, 6.07) is 15.9. The molecule has 0 spiro atoms. The number of carbonyl (C=O) groups is 2. The number of carbonyl (C=O) groups excluding carboxylic acids is 2. The van der Waals surface area contributed by atoms with Crippen LogP contribution >= 0.6 is 0 Å². The lowest BCUT2D eigenvalue weighted by Gasteiger charge is -2.24. The highest BCUT2D eigenvalue weighted by Gasteiger charge is 2.25. The third-order valence-electron chi connectivity index (χ3n) is 5.68. The number of unbranched alkanes of at least 4 members (excludes halogenated alkanes) is 2. The Hall–Kier alpha value is -2.88. The molecule has 4 heteroatoms. The fourth-order valence-electron chi connectivity index (χ4n) is 4.10. The monoisotopic (exact) mass is 391 g/mol. The van der Waals surface area contributed by atoms with E-state index in [2.05, 4.69) is 18.0 Å². The molecule has 2 unspecified atom stereocenters. The number of benzene rings is 2. The molecule has 2 atom stereocenters. The number of aromatic amines is 1. The van der Waals surface area contributed by atoms with Crippen LogP contribution in [-0.2, 0) is 16.0 Å². The zero-order valence-electron chi connectivity index (χ0n) is 17.2. The number of rotatable bonds is 10. The second kappa shape index (κ2) is 10.1. The van der Waals surface area contributed by atoms with Crippen molar-refractivity contribution in [2.45, 2.75) is 44.9 Å². The fraction of sp³-hybridized carbons (Fsp3) is 0.360. The molecule has 0 radical (unpaired) electrons. The molecule has 0 amide bonds. The van der Waals surface area contributed by atoms with Gasteiger partial charge in [-0.05, 0) is 53.5 Å². The van der Waals surface area contributed by atoms with Gasteiger partial charge < -0.3 is 14.5 Å². The predicted molar refractivity (Wildman–Crippen MR) is 116 cm³/mol. The normalized spacial score (nSPS) is 13.2. The molecule has 3 aromatic rings. The standard InChI is InChI=1S/C25H29NO3/c1-3-4-6-11-19(23(17-27)18-9-7-5-8-10-18)14-21-15-20-12-13-26-24(20)16-22(21)25(28)29-2/h5,7-10,12-13,15-17,19,23,26H,3-4,6,11,14H2,1-2H3. The summed E-state index contributed by atoms with van der Waals surface area (Å²) in [4.78, 5) is 27.7. The van der Waals surface area contributed by atoms with Gasteiger partial charge in [0.1, 0.15) is 6.29 Å². The van der Waals surface area contributed by atoms with E-state index >= 15 is 0 Å². The van der Waals surface area contributed by atoms with E-state index in [1.54, 1.807) is 0 Å². The number of hydrogen-bond donors (Lipinski definition) is 1. The molecular weight excluding hydrogens is 362 g/mol. The van der Waals surface area contributed by atoms with Gasteiger partial charge in [-0.1, -0.05) is 56.5 Å². The van der Waals surface area contributed by atoms with E-state index < -0.39 is 0 Å². The number of nitrogens with one attached hydrogen (secondary N) is 1. The average molecular weight is 392 g/mol. The summed E-state index contributed by atoms with van der Waals surface area (Å²) in [5.74, 6) is -0.409. The zero-order valence-corrected chi connectivity index (χ0v) is 17.2. The van der Waals surface area contributed by atoms with Gasteiger partial charge in [-0.25, -0.2) is 4.79 Å². The van der Waals surface area contributed by atoms with Crippen LogP contribution in [0.2, 0.25) is 0 Å². The van der Waals surface area contributed by atoms with E-state index in [-0.39, 0.29) is 17.8 Å². The molecule has 4 nitrogen and oxygen atoms in total. The number of aldehydes is 1. The van der Waals surface area contributed by atoms with E-state index in [9.17, 15) is 9.59 Å². The van der Waals surface area contributed by atoms with Crippen molar-refractivity contribution in [1.29, 1.82) is 0 Å². The number of esters is 1. The van der Waals surface area contributed by atoms with Crippen LogP contribution in [0, 0.1) is 5.92 Å². The molecule has 1 N–H and O–H groups in total. The molecule has 29 heavy (non-hydrogen) atoms. The lowest BCUT2D eigenvalue weighted by molar-refractivity contribution is -0.110. The predicted octanol–water partition coefficient (Wildman–Crippen LogP) is 5.68. The van der Waals surface area contributed by atoms with Crippen LogP contribution in [0.3, 0.4) is 0 Å². The van der Waals surface area contributed by atoms with Gasteiger partial charge in [0.05, 0.1) is 12.7 Å². The highest BCUT2D eigenvalue weighted by Crippen LogP contribution is 2.32.